The zero-order valence-corrected chi connectivity index (χ0v) is 16.5. The van der Waals surface area contributed by atoms with Gasteiger partial charge in [0.25, 0.3) is 5.91 Å². The number of hydrogen-bond acceptors (Lipinski definition) is 4. The highest BCUT2D eigenvalue weighted by Gasteiger charge is 2.18. The van der Waals surface area contributed by atoms with Gasteiger partial charge in [0.05, 0.1) is 11.3 Å². The van der Waals surface area contributed by atoms with E-state index >= 15 is 0 Å². The molecule has 2 N–H and O–H groups in total. The molecule has 0 aliphatic rings. The lowest BCUT2D eigenvalue weighted by Gasteiger charge is -2.19. The van der Waals surface area contributed by atoms with Gasteiger partial charge in [-0.3, -0.25) is 9.20 Å². The molecule has 0 bridgehead atoms. The van der Waals surface area contributed by atoms with Crippen LogP contribution in [0.25, 0.3) is 16.2 Å². The molecule has 0 saturated heterocycles. The molecule has 0 unspecified atom stereocenters. The molecule has 3 rings (SSSR count). The largest absolute Gasteiger partial charge is 0.390 e. The first-order valence-corrected chi connectivity index (χ1v) is 9.87. The third-order valence-electron chi connectivity index (χ3n) is 4.37. The number of fused-ring (bicyclic) bond motifs is 1. The normalized spacial score (nSPS) is 13.1. The summed E-state index contributed by atoms with van der Waals surface area (Å²) in [6, 6.07) is 6.25. The number of thiazole rings is 1. The molecule has 1 aromatic carbocycles. The van der Waals surface area contributed by atoms with E-state index in [0.29, 0.717) is 28.3 Å². The summed E-state index contributed by atoms with van der Waals surface area (Å²) >= 11 is 1.37. The molecular formula is C20H24FN3O2S. The molecule has 1 amide bonds. The van der Waals surface area contributed by atoms with Gasteiger partial charge in [0, 0.05) is 23.2 Å². The van der Waals surface area contributed by atoms with Crippen LogP contribution in [0.4, 0.5) is 4.39 Å². The van der Waals surface area contributed by atoms with Crippen LogP contribution in [0.3, 0.4) is 0 Å². The highest BCUT2D eigenvalue weighted by molar-refractivity contribution is 7.15. The van der Waals surface area contributed by atoms with Crippen molar-refractivity contribution in [3.05, 3.63) is 47.4 Å². The molecule has 2 heterocycles. The molecule has 144 valence electrons. The van der Waals surface area contributed by atoms with E-state index in [1.54, 1.807) is 42.0 Å². The summed E-state index contributed by atoms with van der Waals surface area (Å²) in [4.78, 5) is 17.8. The Kier molecular flexibility index (Phi) is 5.62. The number of benzene rings is 1. The highest BCUT2D eigenvalue weighted by atomic mass is 32.1. The Balaban J connectivity index is 1.70. The van der Waals surface area contributed by atoms with Crippen molar-refractivity contribution in [1.29, 1.82) is 0 Å². The van der Waals surface area contributed by atoms with Crippen molar-refractivity contribution in [1.82, 2.24) is 14.7 Å². The van der Waals surface area contributed by atoms with Crippen molar-refractivity contribution in [2.24, 2.45) is 0 Å². The van der Waals surface area contributed by atoms with Crippen molar-refractivity contribution in [2.45, 2.75) is 51.7 Å². The predicted octanol–water partition coefficient (Wildman–Crippen LogP) is 4.26. The number of aliphatic hydroxyl groups is 1. The molecule has 0 saturated carbocycles. The van der Waals surface area contributed by atoms with Crippen LogP contribution in [0.2, 0.25) is 0 Å². The molecule has 0 aliphatic carbocycles. The summed E-state index contributed by atoms with van der Waals surface area (Å²) in [5.74, 6) is -0.484. The second-order valence-corrected chi connectivity index (χ2v) is 8.33. The maximum absolute atomic E-state index is 13.4. The lowest BCUT2D eigenvalue weighted by Crippen LogP contribution is -2.33. The lowest BCUT2D eigenvalue weighted by atomic mass is 10.00. The topological polar surface area (TPSA) is 66.6 Å². The third-order valence-corrected chi connectivity index (χ3v) is 5.21. The summed E-state index contributed by atoms with van der Waals surface area (Å²) in [5, 5.41) is 14.5. The number of amides is 1. The van der Waals surface area contributed by atoms with E-state index < -0.39 is 5.60 Å². The maximum Gasteiger partial charge on any atom is 0.269 e. The average molecular weight is 389 g/mol. The van der Waals surface area contributed by atoms with E-state index in [1.807, 2.05) is 6.92 Å². The molecule has 27 heavy (non-hydrogen) atoms. The van der Waals surface area contributed by atoms with Crippen LogP contribution < -0.4 is 5.32 Å². The molecule has 5 nitrogen and oxygen atoms in total. The van der Waals surface area contributed by atoms with Crippen LogP contribution in [0, 0.1) is 5.82 Å². The Morgan fingerprint density at radius 3 is 2.93 bits per heavy atom. The van der Waals surface area contributed by atoms with Crippen LogP contribution in [0.1, 0.15) is 50.5 Å². The zero-order valence-electron chi connectivity index (χ0n) is 15.7. The van der Waals surface area contributed by atoms with Gasteiger partial charge in [0.1, 0.15) is 11.5 Å². The Morgan fingerprint density at radius 1 is 1.44 bits per heavy atom. The van der Waals surface area contributed by atoms with Gasteiger partial charge in [-0.2, -0.15) is 0 Å². The van der Waals surface area contributed by atoms with Crippen molar-refractivity contribution < 1.29 is 14.3 Å². The minimum Gasteiger partial charge on any atom is -0.390 e. The minimum atomic E-state index is -0.687. The molecule has 3 aromatic rings. The molecule has 0 aliphatic heterocycles. The first kappa shape index (κ1) is 19.5. The standard InChI is InChI=1S/C20H24FN3O2S/c1-13(6-5-9-20(2,3)26)22-18(25)17-12-27-19-23-16(11-24(17)19)14-7-4-8-15(21)10-14/h4,7-8,10-13,26H,5-6,9H2,1-3H3,(H,22,25)/t13-/m0/s1. The molecule has 0 radical (unpaired) electrons. The van der Waals surface area contributed by atoms with E-state index in [0.717, 1.165) is 12.8 Å². The number of rotatable bonds is 7. The maximum atomic E-state index is 13.4. The van der Waals surface area contributed by atoms with E-state index in [1.165, 1.54) is 23.5 Å². The Bertz CT molecular complexity index is 942. The fourth-order valence-electron chi connectivity index (χ4n) is 2.94. The number of hydrogen-bond donors (Lipinski definition) is 2. The van der Waals surface area contributed by atoms with Crippen LogP contribution in [-0.2, 0) is 0 Å². The molecule has 7 heteroatoms. The first-order chi connectivity index (χ1) is 12.7. The highest BCUT2D eigenvalue weighted by Crippen LogP contribution is 2.24. The zero-order chi connectivity index (χ0) is 19.6. The Morgan fingerprint density at radius 2 is 2.22 bits per heavy atom. The van der Waals surface area contributed by atoms with Gasteiger partial charge in [0.2, 0.25) is 0 Å². The van der Waals surface area contributed by atoms with Crippen LogP contribution in [0.5, 0.6) is 0 Å². The third kappa shape index (κ3) is 4.93. The molecule has 0 fully saturated rings. The number of nitrogens with zero attached hydrogens (tertiary/aromatic N) is 2. The van der Waals surface area contributed by atoms with Gasteiger partial charge in [-0.05, 0) is 52.2 Å². The van der Waals surface area contributed by atoms with Crippen molar-refractivity contribution in [3.63, 3.8) is 0 Å². The fourth-order valence-corrected chi connectivity index (χ4v) is 3.80. The first-order valence-electron chi connectivity index (χ1n) is 8.99. The second-order valence-electron chi connectivity index (χ2n) is 7.49. The van der Waals surface area contributed by atoms with Crippen LogP contribution >= 0.6 is 11.3 Å². The van der Waals surface area contributed by atoms with E-state index in [2.05, 4.69) is 10.3 Å². The van der Waals surface area contributed by atoms with Crippen molar-refractivity contribution in [3.8, 4) is 11.3 Å². The van der Waals surface area contributed by atoms with E-state index in [4.69, 9.17) is 0 Å². The van der Waals surface area contributed by atoms with Gasteiger partial charge in [-0.25, -0.2) is 9.37 Å². The van der Waals surface area contributed by atoms with Crippen LogP contribution in [-0.4, -0.2) is 32.0 Å². The summed E-state index contributed by atoms with van der Waals surface area (Å²) in [6.45, 7) is 5.53. The smallest absolute Gasteiger partial charge is 0.269 e. The summed E-state index contributed by atoms with van der Waals surface area (Å²) in [5.41, 5.74) is 1.14. The van der Waals surface area contributed by atoms with E-state index in [9.17, 15) is 14.3 Å². The number of aromatic nitrogens is 2. The predicted molar refractivity (Wildman–Crippen MR) is 106 cm³/mol. The van der Waals surface area contributed by atoms with Gasteiger partial charge in [0.15, 0.2) is 4.96 Å². The van der Waals surface area contributed by atoms with Gasteiger partial charge in [-0.15, -0.1) is 11.3 Å². The van der Waals surface area contributed by atoms with Crippen molar-refractivity contribution in [2.75, 3.05) is 0 Å². The van der Waals surface area contributed by atoms with Gasteiger partial charge < -0.3 is 10.4 Å². The number of imidazole rings is 1. The molecule has 1 atom stereocenters. The van der Waals surface area contributed by atoms with Crippen molar-refractivity contribution >= 4 is 22.2 Å². The molecule has 0 spiro atoms. The van der Waals surface area contributed by atoms with E-state index in [-0.39, 0.29) is 17.8 Å². The number of halogens is 1. The summed E-state index contributed by atoms with van der Waals surface area (Å²) in [7, 11) is 0. The summed E-state index contributed by atoms with van der Waals surface area (Å²) in [6.07, 6.45) is 4.07. The molecular weight excluding hydrogens is 365 g/mol. The van der Waals surface area contributed by atoms with Gasteiger partial charge in [-0.1, -0.05) is 12.1 Å². The van der Waals surface area contributed by atoms with Gasteiger partial charge >= 0.3 is 0 Å². The Labute approximate surface area is 161 Å². The Hall–Kier alpha value is -2.25. The van der Waals surface area contributed by atoms with Crippen LogP contribution in [0.15, 0.2) is 35.8 Å². The summed E-state index contributed by atoms with van der Waals surface area (Å²) < 4.78 is 15.2. The quantitative estimate of drug-likeness (QED) is 0.634. The monoisotopic (exact) mass is 389 g/mol. The average Bonchev–Trinajstić information content (AvgIpc) is 3.13. The number of carbonyl (C=O) groups excluding carboxylic acids is 1. The number of carbonyl (C=O) groups is 1. The fraction of sp³-hybridized carbons (Fsp3) is 0.400. The number of nitrogens with one attached hydrogen (secondary N) is 1. The molecule has 2 aromatic heterocycles. The minimum absolute atomic E-state index is 0.000936. The SMILES string of the molecule is C[C@@H](CCCC(C)(C)O)NC(=O)c1csc2nc(-c3cccc(F)c3)cn12. The lowest BCUT2D eigenvalue weighted by molar-refractivity contribution is 0.0674. The second kappa shape index (κ2) is 7.78.